The molecule has 0 aromatic heterocycles. The Morgan fingerprint density at radius 1 is 1.33 bits per heavy atom. The average molecular weight is 378 g/mol. The fraction of sp³-hybridized carbons (Fsp3) is 0.571. The van der Waals surface area contributed by atoms with Crippen LogP contribution in [-0.2, 0) is 16.6 Å². The van der Waals surface area contributed by atoms with Crippen molar-refractivity contribution >= 4 is 26.0 Å². The average Bonchev–Trinajstić information content (AvgIpc) is 2.36. The molecule has 1 rings (SSSR count). The molecule has 1 unspecified atom stereocenters. The third-order valence-electron chi connectivity index (χ3n) is 3.03. The normalized spacial score (nSPS) is 13.6. The lowest BCUT2D eigenvalue weighted by atomic mass is 10.2. The fourth-order valence-corrected chi connectivity index (χ4v) is 4.32. The highest BCUT2D eigenvalue weighted by atomic mass is 79.9. The molecule has 0 radical (unpaired) electrons. The molecule has 2 N–H and O–H groups in total. The van der Waals surface area contributed by atoms with Crippen molar-refractivity contribution in [1.29, 1.82) is 0 Å². The van der Waals surface area contributed by atoms with E-state index in [1.165, 1.54) is 0 Å². The number of rotatable bonds is 8. The molecule has 0 aliphatic heterocycles. The highest BCUT2D eigenvalue weighted by molar-refractivity contribution is 9.10. The first-order chi connectivity index (χ1) is 9.76. The van der Waals surface area contributed by atoms with Gasteiger partial charge in [0.2, 0.25) is 10.0 Å². The molecule has 0 fully saturated rings. The third-order valence-corrected chi connectivity index (χ3v) is 5.60. The quantitative estimate of drug-likeness (QED) is 0.724. The second-order valence-electron chi connectivity index (χ2n) is 5.41. The monoisotopic (exact) mass is 377 g/mol. The summed E-state index contributed by atoms with van der Waals surface area (Å²) in [6.07, 6.45) is 0.766. The Kier molecular flexibility index (Phi) is 7.29. The van der Waals surface area contributed by atoms with E-state index in [-0.39, 0.29) is 10.9 Å². The summed E-state index contributed by atoms with van der Waals surface area (Å²) in [5.41, 5.74) is 1.03. The summed E-state index contributed by atoms with van der Waals surface area (Å²) in [5.74, 6) is 0. The Bertz CT molecular complexity index is 561. The number of sulfonamides is 1. The molecule has 120 valence electrons. The molecule has 1 aromatic rings. The van der Waals surface area contributed by atoms with Gasteiger partial charge < -0.3 is 10.2 Å². The van der Waals surface area contributed by atoms with Gasteiger partial charge in [0.25, 0.3) is 0 Å². The van der Waals surface area contributed by atoms with Gasteiger partial charge in [-0.15, -0.1) is 0 Å². The largest absolute Gasteiger partial charge is 0.316 e. The van der Waals surface area contributed by atoms with Crippen molar-refractivity contribution in [3.63, 3.8) is 0 Å². The van der Waals surface area contributed by atoms with Crippen LogP contribution in [0.4, 0.5) is 0 Å². The number of nitrogens with zero attached hydrogens (tertiary/aromatic N) is 1. The van der Waals surface area contributed by atoms with Gasteiger partial charge >= 0.3 is 0 Å². The van der Waals surface area contributed by atoms with Crippen molar-refractivity contribution in [3.8, 4) is 0 Å². The number of nitrogens with one attached hydrogen (secondary N) is 2. The topological polar surface area (TPSA) is 61.4 Å². The Hall–Kier alpha value is -0.470. The first kappa shape index (κ1) is 18.6. The van der Waals surface area contributed by atoms with Gasteiger partial charge in [0.1, 0.15) is 0 Å². The Labute approximate surface area is 136 Å². The summed E-state index contributed by atoms with van der Waals surface area (Å²) >= 11 is 3.35. The van der Waals surface area contributed by atoms with E-state index in [4.69, 9.17) is 0 Å². The summed E-state index contributed by atoms with van der Waals surface area (Å²) in [6, 6.07) is 5.18. The summed E-state index contributed by atoms with van der Waals surface area (Å²) < 4.78 is 28.1. The summed E-state index contributed by atoms with van der Waals surface area (Å²) in [4.78, 5) is 2.31. The van der Waals surface area contributed by atoms with E-state index < -0.39 is 10.0 Å². The molecule has 0 amide bonds. The highest BCUT2D eigenvalue weighted by Crippen LogP contribution is 2.23. The van der Waals surface area contributed by atoms with Crippen LogP contribution in [-0.4, -0.2) is 47.0 Å². The molecule has 7 heteroatoms. The molecular weight excluding hydrogens is 354 g/mol. The molecule has 0 heterocycles. The second kappa shape index (κ2) is 8.24. The first-order valence-corrected chi connectivity index (χ1v) is 9.14. The molecule has 0 bridgehead atoms. The predicted octanol–water partition coefficient (Wildman–Crippen LogP) is 1.79. The smallest absolute Gasteiger partial charge is 0.241 e. The van der Waals surface area contributed by atoms with Gasteiger partial charge in [-0.3, -0.25) is 0 Å². The minimum Gasteiger partial charge on any atom is -0.316 e. The van der Waals surface area contributed by atoms with Crippen LogP contribution in [0, 0.1) is 0 Å². The molecule has 0 aliphatic carbocycles. The first-order valence-electron chi connectivity index (χ1n) is 6.86. The number of hydrogen-bond donors (Lipinski definition) is 2. The van der Waals surface area contributed by atoms with Crippen LogP contribution in [0.1, 0.15) is 18.9 Å². The van der Waals surface area contributed by atoms with Crippen molar-refractivity contribution in [3.05, 3.63) is 28.2 Å². The van der Waals surface area contributed by atoms with E-state index in [0.29, 0.717) is 11.0 Å². The maximum Gasteiger partial charge on any atom is 0.241 e. The summed E-state index contributed by atoms with van der Waals surface area (Å²) in [5, 5.41) is 3.04. The maximum atomic E-state index is 12.4. The molecule has 21 heavy (non-hydrogen) atoms. The standard InChI is InChI=1S/C14H24BrN3O2S/c1-11(7-8-18(3)4)17-21(19,20)14-6-5-12(10-16-2)9-13(14)15/h5-6,9,11,16-17H,7-8,10H2,1-4H3. The van der Waals surface area contributed by atoms with Crippen LogP contribution in [0.15, 0.2) is 27.6 Å². The third kappa shape index (κ3) is 6.04. The SMILES string of the molecule is CNCc1ccc(S(=O)(=O)NC(C)CCN(C)C)c(Br)c1. The van der Waals surface area contributed by atoms with Gasteiger partial charge in [-0.2, -0.15) is 0 Å². The van der Waals surface area contributed by atoms with Crippen molar-refractivity contribution in [2.45, 2.75) is 30.8 Å². The van der Waals surface area contributed by atoms with Gasteiger partial charge in [0.05, 0.1) is 4.90 Å². The zero-order chi connectivity index (χ0) is 16.0. The van der Waals surface area contributed by atoms with Crippen molar-refractivity contribution < 1.29 is 8.42 Å². The van der Waals surface area contributed by atoms with Gasteiger partial charge in [-0.25, -0.2) is 13.1 Å². The summed E-state index contributed by atoms with van der Waals surface area (Å²) in [6.45, 7) is 3.42. The molecular formula is C14H24BrN3O2S. The molecule has 5 nitrogen and oxygen atoms in total. The minimum atomic E-state index is -3.51. The molecule has 0 saturated carbocycles. The lowest BCUT2D eigenvalue weighted by molar-refractivity contribution is 0.379. The Morgan fingerprint density at radius 3 is 2.52 bits per heavy atom. The predicted molar refractivity (Wildman–Crippen MR) is 89.9 cm³/mol. The van der Waals surface area contributed by atoms with Crippen LogP contribution >= 0.6 is 15.9 Å². The van der Waals surface area contributed by atoms with Crippen LogP contribution < -0.4 is 10.0 Å². The minimum absolute atomic E-state index is 0.110. The Morgan fingerprint density at radius 2 is 2.00 bits per heavy atom. The number of hydrogen-bond acceptors (Lipinski definition) is 4. The fourth-order valence-electron chi connectivity index (χ4n) is 1.92. The summed E-state index contributed by atoms with van der Waals surface area (Å²) in [7, 11) is 2.29. The molecule has 1 atom stereocenters. The van der Waals surface area contributed by atoms with Crippen LogP contribution in [0.5, 0.6) is 0 Å². The van der Waals surface area contributed by atoms with E-state index in [1.54, 1.807) is 6.07 Å². The lowest BCUT2D eigenvalue weighted by Crippen LogP contribution is -2.35. The zero-order valence-corrected chi connectivity index (χ0v) is 15.4. The van der Waals surface area contributed by atoms with Crippen LogP contribution in [0.3, 0.4) is 0 Å². The zero-order valence-electron chi connectivity index (χ0n) is 13.0. The molecule has 0 spiro atoms. The highest BCUT2D eigenvalue weighted by Gasteiger charge is 2.20. The van der Waals surface area contributed by atoms with E-state index in [2.05, 4.69) is 26.0 Å². The molecule has 1 aromatic carbocycles. The van der Waals surface area contributed by atoms with Gasteiger partial charge in [0.15, 0.2) is 0 Å². The maximum absolute atomic E-state index is 12.4. The second-order valence-corrected chi connectivity index (χ2v) is 7.95. The Balaban J connectivity index is 2.83. The van der Waals surface area contributed by atoms with Crippen molar-refractivity contribution in [2.75, 3.05) is 27.7 Å². The molecule has 0 saturated heterocycles. The number of halogens is 1. The van der Waals surface area contributed by atoms with Gasteiger partial charge in [-0.1, -0.05) is 6.07 Å². The van der Waals surface area contributed by atoms with E-state index >= 15 is 0 Å². The van der Waals surface area contributed by atoms with Crippen LogP contribution in [0.25, 0.3) is 0 Å². The van der Waals surface area contributed by atoms with Crippen molar-refractivity contribution in [2.24, 2.45) is 0 Å². The van der Waals surface area contributed by atoms with Crippen molar-refractivity contribution in [1.82, 2.24) is 14.9 Å². The van der Waals surface area contributed by atoms with E-state index in [9.17, 15) is 8.42 Å². The van der Waals surface area contributed by atoms with Gasteiger partial charge in [-0.05, 0) is 74.7 Å². The molecule has 0 aliphatic rings. The number of benzene rings is 1. The van der Waals surface area contributed by atoms with Crippen LogP contribution in [0.2, 0.25) is 0 Å². The van der Waals surface area contributed by atoms with E-state index in [0.717, 1.165) is 18.5 Å². The van der Waals surface area contributed by atoms with E-state index in [1.807, 2.05) is 45.1 Å². The van der Waals surface area contributed by atoms with Gasteiger partial charge in [0, 0.05) is 17.1 Å². The lowest BCUT2D eigenvalue weighted by Gasteiger charge is -2.17.